The van der Waals surface area contributed by atoms with E-state index in [1.54, 1.807) is 6.07 Å². The van der Waals surface area contributed by atoms with Crippen molar-refractivity contribution >= 4 is 5.97 Å². The number of halogens is 1. The summed E-state index contributed by atoms with van der Waals surface area (Å²) < 4.78 is 13.3. The SMILES string of the molecule is CCN(CCCN(C)C)Cc1ccc(F)c(C(=O)O)c1. The van der Waals surface area contributed by atoms with Crippen molar-refractivity contribution in [3.05, 3.63) is 35.1 Å². The Labute approximate surface area is 119 Å². The Morgan fingerprint density at radius 2 is 2.00 bits per heavy atom. The average molecular weight is 282 g/mol. The molecule has 0 saturated carbocycles. The fourth-order valence-corrected chi connectivity index (χ4v) is 2.05. The van der Waals surface area contributed by atoms with E-state index in [1.165, 1.54) is 12.1 Å². The van der Waals surface area contributed by atoms with Gasteiger partial charge in [-0.25, -0.2) is 9.18 Å². The van der Waals surface area contributed by atoms with E-state index in [9.17, 15) is 9.18 Å². The lowest BCUT2D eigenvalue weighted by Crippen LogP contribution is -2.27. The van der Waals surface area contributed by atoms with Gasteiger partial charge in [-0.3, -0.25) is 4.90 Å². The summed E-state index contributed by atoms with van der Waals surface area (Å²) in [6.07, 6.45) is 1.05. The molecule has 0 aliphatic heterocycles. The Morgan fingerprint density at radius 3 is 2.55 bits per heavy atom. The number of hydrogen-bond donors (Lipinski definition) is 1. The topological polar surface area (TPSA) is 43.8 Å². The van der Waals surface area contributed by atoms with Gasteiger partial charge in [0.15, 0.2) is 0 Å². The van der Waals surface area contributed by atoms with E-state index in [1.807, 2.05) is 14.1 Å². The average Bonchev–Trinajstić information content (AvgIpc) is 2.38. The molecule has 0 unspecified atom stereocenters. The van der Waals surface area contributed by atoms with Crippen molar-refractivity contribution in [3.8, 4) is 0 Å². The lowest BCUT2D eigenvalue weighted by molar-refractivity contribution is 0.0691. The Kier molecular flexibility index (Phi) is 6.61. The third-order valence-corrected chi connectivity index (χ3v) is 3.19. The Bertz CT molecular complexity index is 449. The first-order valence-electron chi connectivity index (χ1n) is 6.82. The van der Waals surface area contributed by atoms with E-state index < -0.39 is 11.8 Å². The van der Waals surface area contributed by atoms with Gasteiger partial charge in [0.1, 0.15) is 5.82 Å². The highest BCUT2D eigenvalue weighted by Gasteiger charge is 2.12. The molecule has 0 radical (unpaired) electrons. The minimum atomic E-state index is -1.22. The van der Waals surface area contributed by atoms with E-state index in [0.717, 1.165) is 31.6 Å². The van der Waals surface area contributed by atoms with Gasteiger partial charge in [-0.1, -0.05) is 13.0 Å². The third-order valence-electron chi connectivity index (χ3n) is 3.19. The normalized spacial score (nSPS) is 11.3. The maximum Gasteiger partial charge on any atom is 0.338 e. The summed E-state index contributed by atoms with van der Waals surface area (Å²) in [7, 11) is 4.07. The molecule has 112 valence electrons. The van der Waals surface area contributed by atoms with Gasteiger partial charge >= 0.3 is 5.97 Å². The fourth-order valence-electron chi connectivity index (χ4n) is 2.05. The molecule has 1 rings (SSSR count). The number of rotatable bonds is 8. The minimum Gasteiger partial charge on any atom is -0.478 e. The van der Waals surface area contributed by atoms with Crippen LogP contribution in [-0.4, -0.2) is 54.6 Å². The lowest BCUT2D eigenvalue weighted by Gasteiger charge is -2.21. The molecule has 0 aliphatic carbocycles. The molecular formula is C15H23FN2O2. The molecule has 0 heterocycles. The molecule has 1 aromatic carbocycles. The summed E-state index contributed by atoms with van der Waals surface area (Å²) in [6, 6.07) is 4.30. The van der Waals surface area contributed by atoms with Gasteiger partial charge in [0, 0.05) is 6.54 Å². The number of aromatic carboxylic acids is 1. The summed E-state index contributed by atoms with van der Waals surface area (Å²) in [5.74, 6) is -1.91. The highest BCUT2D eigenvalue weighted by atomic mass is 19.1. The highest BCUT2D eigenvalue weighted by Crippen LogP contribution is 2.13. The molecule has 0 fully saturated rings. The van der Waals surface area contributed by atoms with E-state index >= 15 is 0 Å². The van der Waals surface area contributed by atoms with Crippen LogP contribution in [0, 0.1) is 5.82 Å². The van der Waals surface area contributed by atoms with Crippen molar-refractivity contribution in [1.29, 1.82) is 0 Å². The minimum absolute atomic E-state index is 0.258. The number of carboxylic acid groups (broad SMARTS) is 1. The first-order valence-corrected chi connectivity index (χ1v) is 6.82. The predicted octanol–water partition coefficient (Wildman–Crippen LogP) is 2.30. The summed E-state index contributed by atoms with van der Waals surface area (Å²) in [6.45, 7) is 5.55. The van der Waals surface area contributed by atoms with Crippen molar-refractivity contribution < 1.29 is 14.3 Å². The monoisotopic (exact) mass is 282 g/mol. The Morgan fingerprint density at radius 1 is 1.30 bits per heavy atom. The van der Waals surface area contributed by atoms with Gasteiger partial charge in [0.25, 0.3) is 0 Å². The predicted molar refractivity (Wildman–Crippen MR) is 77.5 cm³/mol. The smallest absolute Gasteiger partial charge is 0.338 e. The van der Waals surface area contributed by atoms with Gasteiger partial charge in [-0.05, 0) is 57.8 Å². The van der Waals surface area contributed by atoms with E-state index in [4.69, 9.17) is 5.11 Å². The fraction of sp³-hybridized carbons (Fsp3) is 0.533. The number of benzene rings is 1. The van der Waals surface area contributed by atoms with Crippen molar-refractivity contribution in [2.75, 3.05) is 33.7 Å². The molecular weight excluding hydrogens is 259 g/mol. The first-order chi connectivity index (χ1) is 9.43. The van der Waals surface area contributed by atoms with Gasteiger partial charge in [0.05, 0.1) is 5.56 Å². The van der Waals surface area contributed by atoms with Crippen molar-refractivity contribution in [2.45, 2.75) is 19.9 Å². The molecule has 0 bridgehead atoms. The van der Waals surface area contributed by atoms with Crippen LogP contribution in [0.1, 0.15) is 29.3 Å². The van der Waals surface area contributed by atoms with Crippen LogP contribution in [0.3, 0.4) is 0 Å². The molecule has 20 heavy (non-hydrogen) atoms. The highest BCUT2D eigenvalue weighted by molar-refractivity contribution is 5.88. The summed E-state index contributed by atoms with van der Waals surface area (Å²) in [5.41, 5.74) is 0.572. The van der Waals surface area contributed by atoms with Crippen molar-refractivity contribution in [3.63, 3.8) is 0 Å². The van der Waals surface area contributed by atoms with Gasteiger partial charge < -0.3 is 10.0 Å². The Balaban J connectivity index is 2.65. The van der Waals surface area contributed by atoms with Gasteiger partial charge in [-0.15, -0.1) is 0 Å². The Hall–Kier alpha value is -1.46. The van der Waals surface area contributed by atoms with E-state index in [2.05, 4.69) is 16.7 Å². The number of nitrogens with zero attached hydrogens (tertiary/aromatic N) is 2. The summed E-state index contributed by atoms with van der Waals surface area (Å²) in [5, 5.41) is 8.92. The van der Waals surface area contributed by atoms with Crippen LogP contribution in [0.5, 0.6) is 0 Å². The summed E-state index contributed by atoms with van der Waals surface area (Å²) >= 11 is 0. The molecule has 0 amide bonds. The zero-order valence-electron chi connectivity index (χ0n) is 12.4. The number of carboxylic acids is 1. The largest absolute Gasteiger partial charge is 0.478 e. The van der Waals surface area contributed by atoms with Crippen LogP contribution in [-0.2, 0) is 6.54 Å². The van der Waals surface area contributed by atoms with E-state index in [-0.39, 0.29) is 5.56 Å². The molecule has 1 N–H and O–H groups in total. The van der Waals surface area contributed by atoms with Crippen LogP contribution < -0.4 is 0 Å². The standard InChI is InChI=1S/C15H23FN2O2/c1-4-18(9-5-8-17(2)3)11-12-6-7-14(16)13(10-12)15(19)20/h6-7,10H,4-5,8-9,11H2,1-3H3,(H,19,20). The van der Waals surface area contributed by atoms with Crippen LogP contribution in [0.4, 0.5) is 4.39 Å². The maximum absolute atomic E-state index is 13.3. The molecule has 0 aromatic heterocycles. The van der Waals surface area contributed by atoms with Crippen LogP contribution >= 0.6 is 0 Å². The molecule has 0 atom stereocenters. The number of hydrogen-bond acceptors (Lipinski definition) is 3. The lowest BCUT2D eigenvalue weighted by atomic mass is 10.1. The van der Waals surface area contributed by atoms with Crippen LogP contribution in [0.15, 0.2) is 18.2 Å². The number of carbonyl (C=O) groups is 1. The molecule has 5 heteroatoms. The van der Waals surface area contributed by atoms with E-state index in [0.29, 0.717) is 6.54 Å². The van der Waals surface area contributed by atoms with Gasteiger partial charge in [0.2, 0.25) is 0 Å². The molecule has 0 aliphatic rings. The quantitative estimate of drug-likeness (QED) is 0.794. The second kappa shape index (κ2) is 7.97. The zero-order valence-corrected chi connectivity index (χ0v) is 12.4. The first kappa shape index (κ1) is 16.6. The van der Waals surface area contributed by atoms with Crippen molar-refractivity contribution in [1.82, 2.24) is 9.80 Å². The van der Waals surface area contributed by atoms with Crippen molar-refractivity contribution in [2.24, 2.45) is 0 Å². The molecule has 4 nitrogen and oxygen atoms in total. The molecule has 0 saturated heterocycles. The second-order valence-corrected chi connectivity index (χ2v) is 5.14. The molecule has 1 aromatic rings. The van der Waals surface area contributed by atoms with Crippen LogP contribution in [0.25, 0.3) is 0 Å². The summed E-state index contributed by atoms with van der Waals surface area (Å²) in [4.78, 5) is 15.3. The second-order valence-electron chi connectivity index (χ2n) is 5.14. The van der Waals surface area contributed by atoms with Gasteiger partial charge in [-0.2, -0.15) is 0 Å². The zero-order chi connectivity index (χ0) is 15.1. The van der Waals surface area contributed by atoms with Crippen LogP contribution in [0.2, 0.25) is 0 Å². The molecule has 0 spiro atoms. The maximum atomic E-state index is 13.3. The third kappa shape index (κ3) is 5.27.